The zero-order valence-electron chi connectivity index (χ0n) is 8.54. The molecule has 3 heteroatoms. The predicted octanol–water partition coefficient (Wildman–Crippen LogP) is 2.07. The molecule has 1 atom stereocenters. The lowest BCUT2D eigenvalue weighted by molar-refractivity contribution is 0.441. The molecule has 1 N–H and O–H groups in total. The lowest BCUT2D eigenvalue weighted by Gasteiger charge is -2.21. The molecule has 2 rings (SSSR count). The van der Waals surface area contributed by atoms with Gasteiger partial charge in [-0.2, -0.15) is 5.10 Å². The van der Waals surface area contributed by atoms with Crippen molar-refractivity contribution in [3.63, 3.8) is 0 Å². The van der Waals surface area contributed by atoms with E-state index in [0.29, 0.717) is 11.8 Å². The Labute approximate surface area is 79.1 Å². The molecule has 2 heterocycles. The van der Waals surface area contributed by atoms with E-state index < -0.39 is 0 Å². The summed E-state index contributed by atoms with van der Waals surface area (Å²) in [7, 11) is 0. The summed E-state index contributed by atoms with van der Waals surface area (Å²) in [6, 6.07) is 2.16. The molecular weight excluding hydrogens is 162 g/mol. The molecule has 0 bridgehead atoms. The zero-order valence-corrected chi connectivity index (χ0v) is 8.54. The van der Waals surface area contributed by atoms with Crippen molar-refractivity contribution in [3.05, 3.63) is 11.8 Å². The van der Waals surface area contributed by atoms with Crippen molar-refractivity contribution in [2.45, 2.75) is 33.2 Å². The van der Waals surface area contributed by atoms with Crippen molar-refractivity contribution in [1.82, 2.24) is 9.78 Å². The number of hydrogen-bond donors (Lipinski definition) is 1. The molecule has 0 fully saturated rings. The molecule has 1 aliphatic rings. The van der Waals surface area contributed by atoms with E-state index in [2.05, 4.69) is 41.9 Å². The molecule has 0 saturated carbocycles. The first kappa shape index (κ1) is 8.60. The molecule has 0 saturated heterocycles. The van der Waals surface area contributed by atoms with Gasteiger partial charge in [-0.25, -0.2) is 4.68 Å². The summed E-state index contributed by atoms with van der Waals surface area (Å²) in [5, 5.41) is 7.94. The summed E-state index contributed by atoms with van der Waals surface area (Å²) >= 11 is 0. The number of rotatable bonds is 1. The molecule has 1 aliphatic heterocycles. The minimum absolute atomic E-state index is 0.523. The zero-order chi connectivity index (χ0) is 9.42. The van der Waals surface area contributed by atoms with Crippen LogP contribution in [0.2, 0.25) is 0 Å². The van der Waals surface area contributed by atoms with E-state index in [-0.39, 0.29) is 0 Å². The summed E-state index contributed by atoms with van der Waals surface area (Å²) in [6.07, 6.45) is 0. The van der Waals surface area contributed by atoms with Crippen molar-refractivity contribution < 1.29 is 0 Å². The van der Waals surface area contributed by atoms with Gasteiger partial charge < -0.3 is 5.32 Å². The van der Waals surface area contributed by atoms with Crippen LogP contribution in [0.15, 0.2) is 6.07 Å². The van der Waals surface area contributed by atoms with Gasteiger partial charge in [-0.05, 0) is 11.8 Å². The normalized spacial score (nSPS) is 21.4. The molecule has 3 nitrogen and oxygen atoms in total. The summed E-state index contributed by atoms with van der Waals surface area (Å²) in [5.41, 5.74) is 1.19. The number of anilines is 1. The van der Waals surface area contributed by atoms with E-state index in [0.717, 1.165) is 13.1 Å². The number of hydrogen-bond acceptors (Lipinski definition) is 2. The molecule has 13 heavy (non-hydrogen) atoms. The second-order valence-corrected chi connectivity index (χ2v) is 4.28. The summed E-state index contributed by atoms with van der Waals surface area (Å²) < 4.78 is 2.09. The van der Waals surface area contributed by atoms with Gasteiger partial charge in [0.05, 0.1) is 5.69 Å². The number of nitrogens with zero attached hydrogens (tertiary/aromatic N) is 2. The Kier molecular flexibility index (Phi) is 2.02. The molecule has 0 amide bonds. The van der Waals surface area contributed by atoms with Crippen LogP contribution in [0.1, 0.15) is 32.4 Å². The summed E-state index contributed by atoms with van der Waals surface area (Å²) in [5.74, 6) is 2.39. The van der Waals surface area contributed by atoms with Crippen LogP contribution in [-0.2, 0) is 6.54 Å². The van der Waals surface area contributed by atoms with Crippen LogP contribution < -0.4 is 5.32 Å². The average molecular weight is 179 g/mol. The Hall–Kier alpha value is -0.990. The summed E-state index contributed by atoms with van der Waals surface area (Å²) in [6.45, 7) is 8.72. The van der Waals surface area contributed by atoms with Crippen LogP contribution in [0, 0.1) is 5.92 Å². The van der Waals surface area contributed by atoms with Crippen LogP contribution in [0.25, 0.3) is 0 Å². The van der Waals surface area contributed by atoms with Crippen molar-refractivity contribution in [2.75, 3.05) is 11.9 Å². The fourth-order valence-electron chi connectivity index (χ4n) is 1.64. The van der Waals surface area contributed by atoms with Crippen molar-refractivity contribution in [3.8, 4) is 0 Å². The Morgan fingerprint density at radius 2 is 2.38 bits per heavy atom. The highest BCUT2D eigenvalue weighted by atomic mass is 15.3. The maximum absolute atomic E-state index is 4.55. The Morgan fingerprint density at radius 1 is 1.62 bits per heavy atom. The van der Waals surface area contributed by atoms with Crippen molar-refractivity contribution in [2.24, 2.45) is 5.92 Å². The molecule has 1 unspecified atom stereocenters. The minimum atomic E-state index is 0.523. The van der Waals surface area contributed by atoms with E-state index in [1.54, 1.807) is 0 Å². The van der Waals surface area contributed by atoms with Gasteiger partial charge in [0.2, 0.25) is 0 Å². The van der Waals surface area contributed by atoms with Gasteiger partial charge in [0.25, 0.3) is 0 Å². The van der Waals surface area contributed by atoms with Crippen LogP contribution in [0.3, 0.4) is 0 Å². The monoisotopic (exact) mass is 179 g/mol. The predicted molar refractivity (Wildman–Crippen MR) is 54.0 cm³/mol. The number of fused-ring (bicyclic) bond motifs is 1. The van der Waals surface area contributed by atoms with Gasteiger partial charge in [-0.3, -0.25) is 0 Å². The highest BCUT2D eigenvalue weighted by molar-refractivity contribution is 5.39. The first-order valence-corrected chi connectivity index (χ1v) is 4.98. The van der Waals surface area contributed by atoms with Gasteiger partial charge in [0, 0.05) is 19.2 Å². The van der Waals surface area contributed by atoms with Crippen LogP contribution in [-0.4, -0.2) is 16.3 Å². The molecule has 72 valence electrons. The van der Waals surface area contributed by atoms with Gasteiger partial charge in [-0.15, -0.1) is 0 Å². The third kappa shape index (κ3) is 1.55. The molecule has 1 aromatic heterocycles. The Morgan fingerprint density at radius 3 is 3.08 bits per heavy atom. The molecular formula is C10H17N3. The highest BCUT2D eigenvalue weighted by Gasteiger charge is 2.17. The Balaban J connectivity index is 2.28. The highest BCUT2D eigenvalue weighted by Crippen LogP contribution is 2.22. The molecule has 1 aromatic rings. The van der Waals surface area contributed by atoms with Gasteiger partial charge in [0.15, 0.2) is 0 Å². The molecule has 0 aliphatic carbocycles. The smallest absolute Gasteiger partial charge is 0.124 e. The first-order chi connectivity index (χ1) is 6.16. The fraction of sp³-hybridized carbons (Fsp3) is 0.700. The van der Waals surface area contributed by atoms with E-state index in [4.69, 9.17) is 0 Å². The lowest BCUT2D eigenvalue weighted by Crippen LogP contribution is -2.25. The third-order valence-corrected chi connectivity index (χ3v) is 2.51. The van der Waals surface area contributed by atoms with Gasteiger partial charge >= 0.3 is 0 Å². The van der Waals surface area contributed by atoms with Crippen LogP contribution in [0.4, 0.5) is 5.82 Å². The second-order valence-electron chi connectivity index (χ2n) is 4.28. The standard InChI is InChI=1S/C10H17N3/c1-7(2)9-4-10-11-5-8(3)6-13(10)12-9/h4,7-8,11H,5-6H2,1-3H3. The SMILES string of the molecule is CC1CNc2cc(C(C)C)nn2C1. The molecule has 0 aromatic carbocycles. The van der Waals surface area contributed by atoms with Gasteiger partial charge in [-0.1, -0.05) is 20.8 Å². The first-order valence-electron chi connectivity index (χ1n) is 4.98. The number of nitrogens with one attached hydrogen (secondary N) is 1. The second kappa shape index (κ2) is 3.05. The van der Waals surface area contributed by atoms with E-state index in [1.165, 1.54) is 11.5 Å². The summed E-state index contributed by atoms with van der Waals surface area (Å²) in [4.78, 5) is 0. The van der Waals surface area contributed by atoms with E-state index >= 15 is 0 Å². The van der Waals surface area contributed by atoms with E-state index in [9.17, 15) is 0 Å². The topological polar surface area (TPSA) is 29.9 Å². The van der Waals surface area contributed by atoms with Gasteiger partial charge in [0.1, 0.15) is 5.82 Å². The quantitative estimate of drug-likeness (QED) is 0.715. The van der Waals surface area contributed by atoms with Crippen molar-refractivity contribution >= 4 is 5.82 Å². The van der Waals surface area contributed by atoms with Crippen molar-refractivity contribution in [1.29, 1.82) is 0 Å². The maximum Gasteiger partial charge on any atom is 0.124 e. The average Bonchev–Trinajstić information content (AvgIpc) is 2.46. The number of aromatic nitrogens is 2. The fourth-order valence-corrected chi connectivity index (χ4v) is 1.64. The maximum atomic E-state index is 4.55. The third-order valence-electron chi connectivity index (χ3n) is 2.51. The minimum Gasteiger partial charge on any atom is -0.370 e. The molecule has 0 radical (unpaired) electrons. The lowest BCUT2D eigenvalue weighted by atomic mass is 10.1. The largest absolute Gasteiger partial charge is 0.370 e. The van der Waals surface area contributed by atoms with Crippen LogP contribution >= 0.6 is 0 Å². The molecule has 0 spiro atoms. The van der Waals surface area contributed by atoms with E-state index in [1.807, 2.05) is 0 Å². The Bertz CT molecular complexity index is 301. The van der Waals surface area contributed by atoms with Crippen LogP contribution in [0.5, 0.6) is 0 Å².